The van der Waals surface area contributed by atoms with Crippen LogP contribution in [0.2, 0.25) is 0 Å². The molecule has 3 N–H and O–H groups in total. The minimum atomic E-state index is -5.08. The molecule has 2 fully saturated rings. The second-order valence-electron chi connectivity index (χ2n) is 10.1. The fraction of sp³-hybridized carbons (Fsp3) is 0.440. The molecule has 0 radical (unpaired) electrons. The van der Waals surface area contributed by atoms with Gasteiger partial charge in [-0.05, 0) is 57.0 Å². The number of rotatable bonds is 3. The van der Waals surface area contributed by atoms with Gasteiger partial charge in [-0.1, -0.05) is 0 Å². The number of urea groups is 1. The van der Waals surface area contributed by atoms with Crippen LogP contribution in [0.1, 0.15) is 38.3 Å². The Balaban J connectivity index is 0.000000470. The van der Waals surface area contributed by atoms with E-state index in [2.05, 4.69) is 29.5 Å². The zero-order chi connectivity index (χ0) is 29.2. The minimum Gasteiger partial charge on any atom is -0.475 e. The van der Waals surface area contributed by atoms with Crippen LogP contribution >= 0.6 is 0 Å². The molecule has 1 atom stereocenters. The van der Waals surface area contributed by atoms with Crippen LogP contribution in [0.15, 0.2) is 36.5 Å². The third-order valence-electron chi connectivity index (χ3n) is 6.55. The van der Waals surface area contributed by atoms with Crippen molar-refractivity contribution < 1.29 is 36.6 Å². The molecule has 15 heteroatoms. The number of aromatic nitrogens is 3. The van der Waals surface area contributed by atoms with Crippen molar-refractivity contribution in [2.24, 2.45) is 0 Å². The van der Waals surface area contributed by atoms with Crippen LogP contribution in [0.5, 0.6) is 0 Å². The van der Waals surface area contributed by atoms with Gasteiger partial charge in [0.05, 0.1) is 12.2 Å². The maximum atomic E-state index is 14.5. The van der Waals surface area contributed by atoms with Crippen molar-refractivity contribution in [1.29, 1.82) is 0 Å². The molecule has 2 aliphatic heterocycles. The Hall–Kier alpha value is -4.01. The van der Waals surface area contributed by atoms with Crippen LogP contribution in [-0.2, 0) is 4.79 Å². The first-order chi connectivity index (χ1) is 18.7. The van der Waals surface area contributed by atoms with Crippen molar-refractivity contribution in [2.75, 3.05) is 36.4 Å². The Bertz CT molecular complexity index is 1390. The van der Waals surface area contributed by atoms with Gasteiger partial charge in [0, 0.05) is 37.3 Å². The number of piperazine rings is 1. The van der Waals surface area contributed by atoms with Crippen molar-refractivity contribution in [3.63, 3.8) is 0 Å². The number of carboxylic acids is 1. The number of hydrogen-bond donors (Lipinski definition) is 3. The second kappa shape index (κ2) is 11.2. The van der Waals surface area contributed by atoms with Gasteiger partial charge in [-0.15, -0.1) is 5.10 Å². The Morgan fingerprint density at radius 3 is 2.55 bits per heavy atom. The third kappa shape index (κ3) is 6.58. The van der Waals surface area contributed by atoms with Gasteiger partial charge in [0.2, 0.25) is 0 Å². The summed E-state index contributed by atoms with van der Waals surface area (Å²) in [5.41, 5.74) is 0.759. The molecular formula is C25H28F5N7O3. The summed E-state index contributed by atoms with van der Waals surface area (Å²) in [6.45, 7) is 6.71. The van der Waals surface area contributed by atoms with Gasteiger partial charge in [0.25, 0.3) is 0 Å². The highest BCUT2D eigenvalue weighted by Gasteiger charge is 2.38. The lowest BCUT2D eigenvalue weighted by Crippen LogP contribution is -2.59. The van der Waals surface area contributed by atoms with Crippen LogP contribution in [0, 0.1) is 11.6 Å². The summed E-state index contributed by atoms with van der Waals surface area (Å²) in [4.78, 5) is 29.9. The predicted molar refractivity (Wildman–Crippen MR) is 135 cm³/mol. The second-order valence-corrected chi connectivity index (χ2v) is 10.1. The molecule has 216 valence electrons. The van der Waals surface area contributed by atoms with E-state index in [-0.39, 0.29) is 17.6 Å². The van der Waals surface area contributed by atoms with Gasteiger partial charge < -0.3 is 20.2 Å². The number of alkyl halides is 3. The minimum absolute atomic E-state index is 0.155. The van der Waals surface area contributed by atoms with Crippen LogP contribution in [0.3, 0.4) is 0 Å². The number of amides is 2. The molecule has 3 aromatic rings. The molecule has 2 aromatic heterocycles. The molecule has 2 aliphatic rings. The van der Waals surface area contributed by atoms with Crippen molar-refractivity contribution >= 4 is 29.3 Å². The lowest BCUT2D eigenvalue weighted by molar-refractivity contribution is -0.192. The van der Waals surface area contributed by atoms with Crippen molar-refractivity contribution in [3.05, 3.63) is 53.7 Å². The van der Waals surface area contributed by atoms with E-state index in [1.807, 2.05) is 17.0 Å². The Morgan fingerprint density at radius 2 is 1.88 bits per heavy atom. The van der Waals surface area contributed by atoms with Crippen molar-refractivity contribution in [1.82, 2.24) is 24.8 Å². The molecule has 0 aliphatic carbocycles. The van der Waals surface area contributed by atoms with E-state index < -0.39 is 23.8 Å². The Kier molecular flexibility index (Phi) is 8.14. The molecule has 5 rings (SSSR count). The molecule has 0 bridgehead atoms. The third-order valence-corrected chi connectivity index (χ3v) is 6.55. The van der Waals surface area contributed by atoms with E-state index in [1.54, 1.807) is 15.6 Å². The summed E-state index contributed by atoms with van der Waals surface area (Å²) in [5, 5.41) is 18.1. The monoisotopic (exact) mass is 569 g/mol. The summed E-state index contributed by atoms with van der Waals surface area (Å²) >= 11 is 0. The smallest absolute Gasteiger partial charge is 0.475 e. The number of carbonyl (C=O) groups is 2. The molecule has 2 amide bonds. The maximum Gasteiger partial charge on any atom is 0.490 e. The SMILES string of the molecule is CC1(C)CN(C(=O)Nc2cnc3ccc(N4CCC[C@@H]4c4cc(F)ccc4F)nn23)CCN1.O=C(O)C(F)(F)F. The highest BCUT2D eigenvalue weighted by atomic mass is 19.4. The fourth-order valence-corrected chi connectivity index (χ4v) is 4.74. The molecule has 0 spiro atoms. The number of benzene rings is 1. The van der Waals surface area contributed by atoms with E-state index in [9.17, 15) is 26.7 Å². The van der Waals surface area contributed by atoms with Crippen molar-refractivity contribution in [2.45, 2.75) is 44.4 Å². The maximum absolute atomic E-state index is 14.5. The van der Waals surface area contributed by atoms with Gasteiger partial charge in [0.15, 0.2) is 11.5 Å². The summed E-state index contributed by atoms with van der Waals surface area (Å²) in [5.74, 6) is -2.57. The van der Waals surface area contributed by atoms with E-state index in [4.69, 9.17) is 15.0 Å². The standard InChI is InChI=1S/C23H27F2N7O.C2HF3O2/c1-23(2)14-30(11-9-27-23)22(33)28-21-13-26-19-7-8-20(29-32(19)21)31-10-3-4-18(31)16-12-15(24)5-6-17(16)25;3-2(4,5)1(6)7/h5-8,12-13,18,27H,3-4,9-11,14H2,1-2H3,(H,28,33);(H,6,7)/t18-;/m1./s1. The molecule has 4 heterocycles. The number of aliphatic carboxylic acids is 1. The number of nitrogens with zero attached hydrogens (tertiary/aromatic N) is 5. The highest BCUT2D eigenvalue weighted by molar-refractivity contribution is 5.89. The Morgan fingerprint density at radius 1 is 1.15 bits per heavy atom. The molecule has 0 saturated carbocycles. The zero-order valence-corrected chi connectivity index (χ0v) is 21.7. The van der Waals surface area contributed by atoms with E-state index in [0.717, 1.165) is 19.0 Å². The topological polar surface area (TPSA) is 115 Å². The lowest BCUT2D eigenvalue weighted by atomic mass is 10.0. The largest absolute Gasteiger partial charge is 0.490 e. The summed E-state index contributed by atoms with van der Waals surface area (Å²) in [6, 6.07) is 6.66. The summed E-state index contributed by atoms with van der Waals surface area (Å²) < 4.78 is 61.6. The first-order valence-corrected chi connectivity index (χ1v) is 12.4. The van der Waals surface area contributed by atoms with Gasteiger partial charge in [0.1, 0.15) is 17.5 Å². The normalized spacial score (nSPS) is 18.8. The number of imidazole rings is 1. The summed E-state index contributed by atoms with van der Waals surface area (Å²) in [6.07, 6.45) is -1.97. The van der Waals surface area contributed by atoms with Crippen molar-refractivity contribution in [3.8, 4) is 0 Å². The van der Waals surface area contributed by atoms with Crippen LogP contribution in [0.4, 0.5) is 38.4 Å². The van der Waals surface area contributed by atoms with Gasteiger partial charge in [-0.2, -0.15) is 17.7 Å². The van der Waals surface area contributed by atoms with E-state index >= 15 is 0 Å². The highest BCUT2D eigenvalue weighted by Crippen LogP contribution is 2.36. The van der Waals surface area contributed by atoms with Crippen LogP contribution in [0.25, 0.3) is 5.65 Å². The van der Waals surface area contributed by atoms with Crippen LogP contribution in [-0.4, -0.2) is 74.5 Å². The Labute approximate surface area is 225 Å². The zero-order valence-electron chi connectivity index (χ0n) is 21.7. The number of halogens is 5. The first-order valence-electron chi connectivity index (χ1n) is 12.4. The van der Waals surface area contributed by atoms with Gasteiger partial charge >= 0.3 is 18.2 Å². The number of nitrogens with one attached hydrogen (secondary N) is 2. The number of carbonyl (C=O) groups excluding carboxylic acids is 1. The number of anilines is 2. The molecule has 1 aromatic carbocycles. The quantitative estimate of drug-likeness (QED) is 0.405. The summed E-state index contributed by atoms with van der Waals surface area (Å²) in [7, 11) is 0. The average Bonchev–Trinajstić information content (AvgIpc) is 3.52. The molecule has 2 saturated heterocycles. The van der Waals surface area contributed by atoms with Crippen LogP contribution < -0.4 is 15.5 Å². The lowest BCUT2D eigenvalue weighted by Gasteiger charge is -2.38. The number of carboxylic acid groups (broad SMARTS) is 1. The van der Waals surface area contributed by atoms with Gasteiger partial charge in [-0.25, -0.2) is 23.4 Å². The predicted octanol–water partition coefficient (Wildman–Crippen LogP) is 4.20. The fourth-order valence-electron chi connectivity index (χ4n) is 4.74. The van der Waals surface area contributed by atoms with E-state index in [0.29, 0.717) is 48.9 Å². The molecule has 0 unspecified atom stereocenters. The number of hydrogen-bond acceptors (Lipinski definition) is 6. The average molecular weight is 570 g/mol. The number of fused-ring (bicyclic) bond motifs is 1. The molecule has 40 heavy (non-hydrogen) atoms. The van der Waals surface area contributed by atoms with Gasteiger partial charge in [-0.3, -0.25) is 5.32 Å². The molecular weight excluding hydrogens is 541 g/mol. The molecule has 10 nitrogen and oxygen atoms in total. The van der Waals surface area contributed by atoms with E-state index in [1.165, 1.54) is 12.1 Å². The first kappa shape index (κ1) is 29.0.